The van der Waals surface area contributed by atoms with Crippen molar-refractivity contribution in [2.45, 2.75) is 31.8 Å². The number of pyridine rings is 1. The van der Waals surface area contributed by atoms with Gasteiger partial charge in [0.1, 0.15) is 0 Å². The van der Waals surface area contributed by atoms with E-state index in [0.717, 1.165) is 18.5 Å². The van der Waals surface area contributed by atoms with E-state index in [1.54, 1.807) is 6.20 Å². The van der Waals surface area contributed by atoms with E-state index < -0.39 is 0 Å². The minimum atomic E-state index is -0.375. The molecule has 14 heavy (non-hydrogen) atoms. The van der Waals surface area contributed by atoms with Gasteiger partial charge in [-0.25, -0.2) is 0 Å². The monoisotopic (exact) mass is 194 g/mol. The highest BCUT2D eigenvalue weighted by Crippen LogP contribution is 2.19. The smallest absolute Gasteiger partial charge is 0.0635 e. The lowest BCUT2D eigenvalue weighted by Gasteiger charge is -2.20. The first-order chi connectivity index (χ1) is 6.79. The summed E-state index contributed by atoms with van der Waals surface area (Å²) in [4.78, 5) is 4.21. The summed E-state index contributed by atoms with van der Waals surface area (Å²) in [6, 6.07) is 5.70. The number of aromatic nitrogens is 1. The zero-order valence-electron chi connectivity index (χ0n) is 8.56. The van der Waals surface area contributed by atoms with Crippen molar-refractivity contribution in [1.29, 1.82) is 0 Å². The maximum absolute atomic E-state index is 9.84. The van der Waals surface area contributed by atoms with Crippen LogP contribution in [0.25, 0.3) is 0 Å². The number of aliphatic hydroxyl groups excluding tert-OH is 1. The molecule has 0 saturated carbocycles. The molecular weight excluding hydrogens is 176 g/mol. The summed E-state index contributed by atoms with van der Waals surface area (Å²) < 4.78 is 0. The number of aliphatic hydroxyl groups is 1. The van der Waals surface area contributed by atoms with Crippen LogP contribution in [0.3, 0.4) is 0 Å². The quantitative estimate of drug-likeness (QED) is 0.742. The molecule has 0 radical (unpaired) electrons. The van der Waals surface area contributed by atoms with E-state index >= 15 is 0 Å². The first-order valence-corrected chi connectivity index (χ1v) is 5.08. The van der Waals surface area contributed by atoms with E-state index in [9.17, 15) is 5.11 Å². The van der Waals surface area contributed by atoms with Gasteiger partial charge in [-0.1, -0.05) is 19.4 Å². The summed E-state index contributed by atoms with van der Waals surface area (Å²) in [7, 11) is 0. The summed E-state index contributed by atoms with van der Waals surface area (Å²) in [6.07, 6.45) is 3.10. The average Bonchev–Trinajstić information content (AvgIpc) is 2.21. The molecule has 1 rings (SSSR count). The zero-order chi connectivity index (χ0) is 10.4. The number of rotatable bonds is 5. The van der Waals surface area contributed by atoms with Gasteiger partial charge in [0.15, 0.2) is 0 Å². The molecule has 3 N–H and O–H groups in total. The molecular formula is C11H18N2O. The third-order valence-electron chi connectivity index (χ3n) is 2.37. The molecule has 1 aromatic heterocycles. The van der Waals surface area contributed by atoms with Gasteiger partial charge in [0.2, 0.25) is 0 Å². The maximum Gasteiger partial charge on any atom is 0.0635 e. The minimum absolute atomic E-state index is 0.0313. The van der Waals surface area contributed by atoms with E-state index in [4.69, 9.17) is 5.73 Å². The number of hydrogen-bond acceptors (Lipinski definition) is 3. The van der Waals surface area contributed by atoms with Crippen LogP contribution in [0.1, 0.15) is 31.4 Å². The van der Waals surface area contributed by atoms with Gasteiger partial charge in [0.25, 0.3) is 0 Å². The van der Waals surface area contributed by atoms with Gasteiger partial charge < -0.3 is 10.8 Å². The van der Waals surface area contributed by atoms with E-state index in [1.165, 1.54) is 0 Å². The van der Waals surface area contributed by atoms with Crippen LogP contribution >= 0.6 is 0 Å². The van der Waals surface area contributed by atoms with Crippen molar-refractivity contribution in [1.82, 2.24) is 4.98 Å². The molecule has 0 bridgehead atoms. The summed E-state index contributed by atoms with van der Waals surface area (Å²) in [5.41, 5.74) is 6.52. The van der Waals surface area contributed by atoms with Crippen molar-refractivity contribution in [3.8, 4) is 0 Å². The highest BCUT2D eigenvalue weighted by molar-refractivity contribution is 5.11. The molecule has 0 aromatic carbocycles. The van der Waals surface area contributed by atoms with Crippen LogP contribution in [0.15, 0.2) is 24.4 Å². The Balaban J connectivity index is 2.71. The van der Waals surface area contributed by atoms with Crippen molar-refractivity contribution in [2.24, 2.45) is 5.73 Å². The highest BCUT2D eigenvalue weighted by atomic mass is 16.3. The average molecular weight is 194 g/mol. The SMILES string of the molecule is CCCC(O)C(CN)c1ccccn1. The first-order valence-electron chi connectivity index (χ1n) is 5.08. The van der Waals surface area contributed by atoms with Gasteiger partial charge >= 0.3 is 0 Å². The van der Waals surface area contributed by atoms with Crippen molar-refractivity contribution in [2.75, 3.05) is 6.54 Å². The molecule has 1 aromatic rings. The third kappa shape index (κ3) is 2.79. The summed E-state index contributed by atoms with van der Waals surface area (Å²) in [6.45, 7) is 2.49. The molecule has 3 nitrogen and oxygen atoms in total. The predicted molar refractivity (Wildman–Crippen MR) is 56.9 cm³/mol. The summed E-state index contributed by atoms with van der Waals surface area (Å²) >= 11 is 0. The number of nitrogens with zero attached hydrogens (tertiary/aromatic N) is 1. The van der Waals surface area contributed by atoms with Crippen LogP contribution in [-0.2, 0) is 0 Å². The van der Waals surface area contributed by atoms with Crippen molar-refractivity contribution in [3.63, 3.8) is 0 Å². The normalized spacial score (nSPS) is 15.1. The Morgan fingerprint density at radius 1 is 1.50 bits per heavy atom. The lowest BCUT2D eigenvalue weighted by atomic mass is 9.95. The molecule has 2 unspecified atom stereocenters. The van der Waals surface area contributed by atoms with E-state index in [-0.39, 0.29) is 12.0 Å². The highest BCUT2D eigenvalue weighted by Gasteiger charge is 2.19. The van der Waals surface area contributed by atoms with Gasteiger partial charge in [0, 0.05) is 24.4 Å². The van der Waals surface area contributed by atoms with Crippen molar-refractivity contribution >= 4 is 0 Å². The lowest BCUT2D eigenvalue weighted by molar-refractivity contribution is 0.133. The molecule has 3 heteroatoms. The molecule has 1 heterocycles. The Morgan fingerprint density at radius 2 is 2.29 bits per heavy atom. The second-order valence-corrected chi connectivity index (χ2v) is 3.45. The topological polar surface area (TPSA) is 59.1 Å². The molecule has 0 fully saturated rings. The molecule has 78 valence electrons. The van der Waals surface area contributed by atoms with E-state index in [1.807, 2.05) is 18.2 Å². The van der Waals surface area contributed by atoms with Crippen molar-refractivity contribution < 1.29 is 5.11 Å². The number of nitrogens with two attached hydrogens (primary N) is 1. The second kappa shape index (κ2) is 5.73. The van der Waals surface area contributed by atoms with Gasteiger partial charge in [0.05, 0.1) is 6.10 Å². The fraction of sp³-hybridized carbons (Fsp3) is 0.545. The lowest BCUT2D eigenvalue weighted by Crippen LogP contribution is -2.26. The molecule has 0 saturated heterocycles. The Morgan fingerprint density at radius 3 is 2.79 bits per heavy atom. The Labute approximate surface area is 85.0 Å². The largest absolute Gasteiger partial charge is 0.392 e. The molecule has 0 aliphatic heterocycles. The van der Waals surface area contributed by atoms with Crippen LogP contribution in [-0.4, -0.2) is 22.7 Å². The number of hydrogen-bond donors (Lipinski definition) is 2. The fourth-order valence-corrected chi connectivity index (χ4v) is 1.57. The Bertz CT molecular complexity index is 251. The van der Waals surface area contributed by atoms with Crippen LogP contribution in [0.2, 0.25) is 0 Å². The second-order valence-electron chi connectivity index (χ2n) is 3.45. The summed E-state index contributed by atoms with van der Waals surface area (Å²) in [5.74, 6) is -0.0313. The Kier molecular flexibility index (Phi) is 4.56. The third-order valence-corrected chi connectivity index (χ3v) is 2.37. The van der Waals surface area contributed by atoms with E-state index in [0.29, 0.717) is 6.54 Å². The minimum Gasteiger partial charge on any atom is -0.392 e. The fourth-order valence-electron chi connectivity index (χ4n) is 1.57. The van der Waals surface area contributed by atoms with Crippen LogP contribution in [0.4, 0.5) is 0 Å². The molecule has 0 spiro atoms. The molecule has 2 atom stereocenters. The zero-order valence-corrected chi connectivity index (χ0v) is 8.56. The van der Waals surface area contributed by atoms with Gasteiger partial charge in [-0.3, -0.25) is 4.98 Å². The summed E-state index contributed by atoms with van der Waals surface area (Å²) in [5, 5.41) is 9.84. The van der Waals surface area contributed by atoms with Crippen molar-refractivity contribution in [3.05, 3.63) is 30.1 Å². The molecule has 0 amide bonds. The van der Waals surface area contributed by atoms with Crippen LogP contribution < -0.4 is 5.73 Å². The maximum atomic E-state index is 9.84. The molecule has 0 aliphatic carbocycles. The van der Waals surface area contributed by atoms with Gasteiger partial charge in [-0.15, -0.1) is 0 Å². The molecule has 0 aliphatic rings. The standard InChI is InChI=1S/C11H18N2O/c1-2-5-11(14)9(8-12)10-6-3-4-7-13-10/h3-4,6-7,9,11,14H,2,5,8,12H2,1H3. The Hall–Kier alpha value is -0.930. The predicted octanol–water partition coefficient (Wildman–Crippen LogP) is 1.28. The van der Waals surface area contributed by atoms with Crippen LogP contribution in [0, 0.1) is 0 Å². The van der Waals surface area contributed by atoms with Crippen LogP contribution in [0.5, 0.6) is 0 Å². The van der Waals surface area contributed by atoms with Gasteiger partial charge in [-0.05, 0) is 18.6 Å². The first kappa shape index (κ1) is 11.1. The van der Waals surface area contributed by atoms with E-state index in [2.05, 4.69) is 11.9 Å². The van der Waals surface area contributed by atoms with Gasteiger partial charge in [-0.2, -0.15) is 0 Å².